The number of para-hydroxylation sites is 1. The molecule has 104 valence electrons. The monoisotopic (exact) mass is 273 g/mol. The summed E-state index contributed by atoms with van der Waals surface area (Å²) < 4.78 is 7.22. The highest BCUT2D eigenvalue weighted by Crippen LogP contribution is 2.14. The van der Waals surface area contributed by atoms with Crippen molar-refractivity contribution >= 4 is 5.91 Å². The SMILES string of the molecule is O=C1N[C@@H](CO)Cn2nc(COc3ccccc3)cc21. The number of aliphatic hydroxyl groups excluding tert-OH is 1. The van der Waals surface area contributed by atoms with E-state index in [2.05, 4.69) is 10.4 Å². The average molecular weight is 273 g/mol. The lowest BCUT2D eigenvalue weighted by Gasteiger charge is -2.22. The lowest BCUT2D eigenvalue weighted by Crippen LogP contribution is -2.46. The fourth-order valence-electron chi connectivity index (χ4n) is 2.15. The van der Waals surface area contributed by atoms with Crippen LogP contribution in [0.3, 0.4) is 0 Å². The van der Waals surface area contributed by atoms with E-state index in [9.17, 15) is 4.79 Å². The summed E-state index contributed by atoms with van der Waals surface area (Å²) >= 11 is 0. The number of nitrogens with one attached hydrogen (secondary N) is 1. The zero-order valence-corrected chi connectivity index (χ0v) is 10.8. The first-order valence-electron chi connectivity index (χ1n) is 6.42. The van der Waals surface area contributed by atoms with Crippen molar-refractivity contribution < 1.29 is 14.6 Å². The van der Waals surface area contributed by atoms with Crippen LogP contribution in [0.25, 0.3) is 0 Å². The number of aromatic nitrogens is 2. The Balaban J connectivity index is 1.72. The highest BCUT2D eigenvalue weighted by atomic mass is 16.5. The van der Waals surface area contributed by atoms with Crippen molar-refractivity contribution in [2.45, 2.75) is 19.2 Å². The lowest BCUT2D eigenvalue weighted by atomic mass is 10.2. The van der Waals surface area contributed by atoms with Gasteiger partial charge in [-0.3, -0.25) is 9.48 Å². The first kappa shape index (κ1) is 12.7. The Labute approximate surface area is 116 Å². The van der Waals surface area contributed by atoms with Gasteiger partial charge < -0.3 is 15.2 Å². The van der Waals surface area contributed by atoms with Crippen LogP contribution >= 0.6 is 0 Å². The molecule has 0 bridgehead atoms. The summed E-state index contributed by atoms with van der Waals surface area (Å²) in [4.78, 5) is 11.8. The molecule has 1 aromatic carbocycles. The average Bonchev–Trinajstić information content (AvgIpc) is 2.89. The van der Waals surface area contributed by atoms with E-state index in [1.165, 1.54) is 0 Å². The molecule has 1 amide bonds. The van der Waals surface area contributed by atoms with E-state index in [0.29, 0.717) is 24.5 Å². The van der Waals surface area contributed by atoms with Gasteiger partial charge in [0.15, 0.2) is 0 Å². The molecule has 1 atom stereocenters. The molecule has 0 saturated carbocycles. The van der Waals surface area contributed by atoms with Crippen molar-refractivity contribution in [2.75, 3.05) is 6.61 Å². The van der Waals surface area contributed by atoms with Gasteiger partial charge in [-0.05, 0) is 18.2 Å². The van der Waals surface area contributed by atoms with Crippen LogP contribution in [-0.2, 0) is 13.2 Å². The fraction of sp³-hybridized carbons (Fsp3) is 0.286. The first-order valence-corrected chi connectivity index (χ1v) is 6.42. The number of carbonyl (C=O) groups excluding carboxylic acids is 1. The molecule has 0 spiro atoms. The standard InChI is InChI=1S/C14H15N3O3/c18-8-11-7-17-13(14(19)15-11)6-10(16-17)9-20-12-4-2-1-3-5-12/h1-6,11,18H,7-9H2,(H,15,19)/t11-/m1/s1. The van der Waals surface area contributed by atoms with Crippen molar-refractivity contribution in [3.8, 4) is 5.75 Å². The Kier molecular flexibility index (Phi) is 3.39. The molecule has 3 rings (SSSR count). The Bertz CT molecular complexity index is 609. The van der Waals surface area contributed by atoms with E-state index in [0.717, 1.165) is 5.75 Å². The van der Waals surface area contributed by atoms with Crippen LogP contribution < -0.4 is 10.1 Å². The summed E-state index contributed by atoms with van der Waals surface area (Å²) in [5, 5.41) is 16.2. The fourth-order valence-corrected chi connectivity index (χ4v) is 2.15. The molecule has 2 N–H and O–H groups in total. The zero-order chi connectivity index (χ0) is 13.9. The van der Waals surface area contributed by atoms with Gasteiger partial charge in [0.2, 0.25) is 0 Å². The van der Waals surface area contributed by atoms with E-state index in [-0.39, 0.29) is 18.6 Å². The van der Waals surface area contributed by atoms with Gasteiger partial charge in [0.05, 0.1) is 19.2 Å². The van der Waals surface area contributed by atoms with Crippen LogP contribution in [0, 0.1) is 0 Å². The van der Waals surface area contributed by atoms with E-state index < -0.39 is 0 Å². The third-order valence-corrected chi connectivity index (χ3v) is 3.14. The molecule has 2 aromatic rings. The third kappa shape index (κ3) is 2.50. The van der Waals surface area contributed by atoms with Gasteiger partial charge in [0, 0.05) is 0 Å². The summed E-state index contributed by atoms with van der Waals surface area (Å²) in [5.41, 5.74) is 1.19. The minimum absolute atomic E-state index is 0.0963. The van der Waals surface area contributed by atoms with Crippen molar-refractivity contribution in [2.24, 2.45) is 0 Å². The maximum absolute atomic E-state index is 11.8. The topological polar surface area (TPSA) is 76.4 Å². The molecular weight excluding hydrogens is 258 g/mol. The normalized spacial score (nSPS) is 17.4. The number of amides is 1. The Morgan fingerprint density at radius 1 is 1.40 bits per heavy atom. The van der Waals surface area contributed by atoms with Crippen molar-refractivity contribution in [1.82, 2.24) is 15.1 Å². The summed E-state index contributed by atoms with van der Waals surface area (Å²) in [6.07, 6.45) is 0. The van der Waals surface area contributed by atoms with Crippen LogP contribution in [0.15, 0.2) is 36.4 Å². The number of ether oxygens (including phenoxy) is 1. The second kappa shape index (κ2) is 5.34. The predicted molar refractivity (Wildman–Crippen MR) is 71.3 cm³/mol. The van der Waals surface area contributed by atoms with Gasteiger partial charge in [-0.25, -0.2) is 0 Å². The molecule has 1 aliphatic heterocycles. The molecule has 0 radical (unpaired) electrons. The predicted octanol–water partition coefficient (Wildman–Crippen LogP) is 0.566. The number of hydrogen-bond donors (Lipinski definition) is 2. The Hall–Kier alpha value is -2.34. The van der Waals surface area contributed by atoms with Gasteiger partial charge in [0.25, 0.3) is 5.91 Å². The van der Waals surface area contributed by atoms with Gasteiger partial charge >= 0.3 is 0 Å². The highest BCUT2D eigenvalue weighted by molar-refractivity contribution is 5.93. The number of fused-ring (bicyclic) bond motifs is 1. The van der Waals surface area contributed by atoms with Crippen molar-refractivity contribution in [3.05, 3.63) is 47.8 Å². The minimum atomic E-state index is -0.280. The smallest absolute Gasteiger partial charge is 0.269 e. The van der Waals surface area contributed by atoms with Crippen LogP contribution in [-0.4, -0.2) is 33.4 Å². The molecule has 6 nitrogen and oxygen atoms in total. The molecule has 1 aromatic heterocycles. The van der Waals surface area contributed by atoms with Crippen molar-refractivity contribution in [3.63, 3.8) is 0 Å². The minimum Gasteiger partial charge on any atom is -0.487 e. The molecule has 0 aliphatic carbocycles. The van der Waals surface area contributed by atoms with Crippen LogP contribution in [0.2, 0.25) is 0 Å². The lowest BCUT2D eigenvalue weighted by molar-refractivity contribution is 0.0862. The maximum atomic E-state index is 11.8. The molecule has 2 heterocycles. The van der Waals surface area contributed by atoms with Gasteiger partial charge in [-0.15, -0.1) is 0 Å². The van der Waals surface area contributed by atoms with Crippen LogP contribution in [0.4, 0.5) is 0 Å². The molecule has 0 unspecified atom stereocenters. The number of hydrogen-bond acceptors (Lipinski definition) is 4. The molecule has 0 saturated heterocycles. The van der Waals surface area contributed by atoms with E-state index in [1.807, 2.05) is 30.3 Å². The molecular formula is C14H15N3O3. The third-order valence-electron chi connectivity index (χ3n) is 3.14. The van der Waals surface area contributed by atoms with E-state index >= 15 is 0 Å². The van der Waals surface area contributed by atoms with E-state index in [4.69, 9.17) is 9.84 Å². The summed E-state index contributed by atoms with van der Waals surface area (Å²) in [7, 11) is 0. The number of benzene rings is 1. The van der Waals surface area contributed by atoms with Crippen LogP contribution in [0.5, 0.6) is 5.75 Å². The molecule has 20 heavy (non-hydrogen) atoms. The van der Waals surface area contributed by atoms with E-state index in [1.54, 1.807) is 10.7 Å². The van der Waals surface area contributed by atoms with Gasteiger partial charge in [-0.2, -0.15) is 5.10 Å². The second-order valence-corrected chi connectivity index (χ2v) is 4.66. The number of aliphatic hydroxyl groups is 1. The largest absolute Gasteiger partial charge is 0.487 e. The first-order chi connectivity index (χ1) is 9.76. The zero-order valence-electron chi connectivity index (χ0n) is 10.8. The van der Waals surface area contributed by atoms with Crippen LogP contribution in [0.1, 0.15) is 16.2 Å². The Morgan fingerprint density at radius 3 is 2.95 bits per heavy atom. The quantitative estimate of drug-likeness (QED) is 0.853. The van der Waals surface area contributed by atoms with Crippen molar-refractivity contribution in [1.29, 1.82) is 0 Å². The molecule has 1 aliphatic rings. The number of rotatable bonds is 4. The summed E-state index contributed by atoms with van der Waals surface area (Å²) in [6.45, 7) is 0.685. The number of carbonyl (C=O) groups is 1. The number of nitrogens with zero attached hydrogens (tertiary/aromatic N) is 2. The molecule has 6 heteroatoms. The maximum Gasteiger partial charge on any atom is 0.269 e. The second-order valence-electron chi connectivity index (χ2n) is 4.66. The van der Waals surface area contributed by atoms with Gasteiger partial charge in [-0.1, -0.05) is 18.2 Å². The molecule has 0 fully saturated rings. The van der Waals surface area contributed by atoms with Gasteiger partial charge in [0.1, 0.15) is 23.7 Å². The highest BCUT2D eigenvalue weighted by Gasteiger charge is 2.25. The summed E-state index contributed by atoms with van der Waals surface area (Å²) in [6, 6.07) is 10.9. The summed E-state index contributed by atoms with van der Waals surface area (Å²) in [5.74, 6) is 0.546. The Morgan fingerprint density at radius 2 is 2.20 bits per heavy atom.